The average Bonchev–Trinajstić information content (AvgIpc) is 1.38. The van der Waals surface area contributed by atoms with Gasteiger partial charge in [-0.2, -0.15) is 0 Å². The molecule has 4 radical (unpaired) electrons. The largest absolute Gasteiger partial charge is 0.394 e. The molecule has 0 rings (SSSR count). The molecule has 0 saturated heterocycles. The summed E-state index contributed by atoms with van der Waals surface area (Å²) in [5.41, 5.74) is 0. The predicted octanol–water partition coefficient (Wildman–Crippen LogP) is -1.02. The molecule has 2 nitrogen and oxygen atoms in total. The SMILES string of the molecule is CC(O)CO.[Sn]. The third-order valence-electron chi connectivity index (χ3n) is 0.264. The predicted molar refractivity (Wildman–Crippen MR) is 24.5 cm³/mol. The van der Waals surface area contributed by atoms with Crippen molar-refractivity contribution in [3.63, 3.8) is 0 Å². The van der Waals surface area contributed by atoms with Gasteiger partial charge in [0.2, 0.25) is 0 Å². The van der Waals surface area contributed by atoms with E-state index in [2.05, 4.69) is 0 Å². The number of hydrogen-bond donors (Lipinski definition) is 2. The molecule has 0 bridgehead atoms. The molecule has 0 fully saturated rings. The van der Waals surface area contributed by atoms with Gasteiger partial charge in [-0.15, -0.1) is 0 Å². The molecule has 6 heavy (non-hydrogen) atoms. The standard InChI is InChI=1S/C3H8O2.Sn/c1-3(5)2-4;/h3-5H,2H2,1H3;. The molecule has 36 valence electrons. The monoisotopic (exact) mass is 196 g/mol. The van der Waals surface area contributed by atoms with Crippen molar-refractivity contribution in [1.29, 1.82) is 0 Å². The van der Waals surface area contributed by atoms with Crippen LogP contribution in [0.25, 0.3) is 0 Å². The van der Waals surface area contributed by atoms with E-state index in [9.17, 15) is 0 Å². The van der Waals surface area contributed by atoms with E-state index in [1.165, 1.54) is 6.92 Å². The molecule has 0 spiro atoms. The molecule has 0 amide bonds. The van der Waals surface area contributed by atoms with Crippen LogP contribution in [0, 0.1) is 0 Å². The van der Waals surface area contributed by atoms with Crippen molar-refractivity contribution < 1.29 is 10.2 Å². The van der Waals surface area contributed by atoms with Crippen molar-refractivity contribution in [2.45, 2.75) is 13.0 Å². The first kappa shape index (κ1) is 9.87. The van der Waals surface area contributed by atoms with Crippen molar-refractivity contribution in [1.82, 2.24) is 0 Å². The van der Waals surface area contributed by atoms with Crippen LogP contribution >= 0.6 is 0 Å². The first-order valence-electron chi connectivity index (χ1n) is 1.56. The maximum absolute atomic E-state index is 8.11. The van der Waals surface area contributed by atoms with E-state index >= 15 is 0 Å². The van der Waals surface area contributed by atoms with Crippen LogP contribution in [0.1, 0.15) is 6.92 Å². The molecule has 0 aromatic heterocycles. The Kier molecular flexibility index (Phi) is 9.41. The van der Waals surface area contributed by atoms with Crippen molar-refractivity contribution in [3.05, 3.63) is 0 Å². The van der Waals surface area contributed by atoms with E-state index in [0.29, 0.717) is 0 Å². The van der Waals surface area contributed by atoms with Crippen LogP contribution < -0.4 is 0 Å². The van der Waals surface area contributed by atoms with E-state index < -0.39 is 6.10 Å². The van der Waals surface area contributed by atoms with Crippen LogP contribution in [0.2, 0.25) is 0 Å². The first-order chi connectivity index (χ1) is 2.27. The second-order valence-electron chi connectivity index (χ2n) is 1.03. The summed E-state index contributed by atoms with van der Waals surface area (Å²) < 4.78 is 0. The van der Waals surface area contributed by atoms with Crippen molar-refractivity contribution in [2.24, 2.45) is 0 Å². The summed E-state index contributed by atoms with van der Waals surface area (Å²) in [5, 5.41) is 16.0. The molecule has 1 unspecified atom stereocenters. The third kappa shape index (κ3) is 8.83. The molecule has 0 heterocycles. The molecule has 0 aliphatic heterocycles. The minimum absolute atomic E-state index is 0. The van der Waals surface area contributed by atoms with Crippen LogP contribution in [0.15, 0.2) is 0 Å². The number of aliphatic hydroxyl groups excluding tert-OH is 2. The van der Waals surface area contributed by atoms with Crippen molar-refractivity contribution in [3.8, 4) is 0 Å². The molecule has 0 aliphatic rings. The van der Waals surface area contributed by atoms with Gasteiger partial charge in [0.05, 0.1) is 12.7 Å². The van der Waals surface area contributed by atoms with Gasteiger partial charge in [-0.3, -0.25) is 0 Å². The minimum Gasteiger partial charge on any atom is -0.394 e. The van der Waals surface area contributed by atoms with Gasteiger partial charge < -0.3 is 10.2 Å². The Morgan fingerprint density at radius 1 is 1.67 bits per heavy atom. The van der Waals surface area contributed by atoms with E-state index in [4.69, 9.17) is 10.2 Å². The van der Waals surface area contributed by atoms with E-state index in [0.717, 1.165) is 0 Å². The second-order valence-corrected chi connectivity index (χ2v) is 1.03. The number of rotatable bonds is 1. The fourth-order valence-corrected chi connectivity index (χ4v) is 0. The van der Waals surface area contributed by atoms with Gasteiger partial charge in [0, 0.05) is 23.9 Å². The zero-order valence-corrected chi connectivity index (χ0v) is 6.53. The Balaban J connectivity index is 0. The van der Waals surface area contributed by atoms with Gasteiger partial charge in [-0.05, 0) is 6.92 Å². The fraction of sp³-hybridized carbons (Fsp3) is 1.00. The average molecular weight is 195 g/mol. The van der Waals surface area contributed by atoms with Crippen molar-refractivity contribution in [2.75, 3.05) is 6.61 Å². The number of aliphatic hydroxyl groups is 2. The fourth-order valence-electron chi connectivity index (χ4n) is 0. The molecular weight excluding hydrogens is 187 g/mol. The molecule has 2 N–H and O–H groups in total. The van der Waals surface area contributed by atoms with E-state index in [1.807, 2.05) is 0 Å². The maximum Gasteiger partial charge on any atom is 0.0742 e. The smallest absolute Gasteiger partial charge is 0.0742 e. The quantitative estimate of drug-likeness (QED) is 0.525. The van der Waals surface area contributed by atoms with Gasteiger partial charge in [-0.25, -0.2) is 0 Å². The second kappa shape index (κ2) is 5.72. The zero-order valence-electron chi connectivity index (χ0n) is 3.68. The summed E-state index contributed by atoms with van der Waals surface area (Å²) >= 11 is 0. The summed E-state index contributed by atoms with van der Waals surface area (Å²) in [5.74, 6) is 0. The van der Waals surface area contributed by atoms with Crippen LogP contribution in [-0.2, 0) is 0 Å². The third-order valence-corrected chi connectivity index (χ3v) is 0.264. The summed E-state index contributed by atoms with van der Waals surface area (Å²) in [6.45, 7) is 1.39. The molecule has 0 saturated carbocycles. The Bertz CT molecular complexity index is 22.8. The molecule has 0 aromatic carbocycles. The van der Waals surface area contributed by atoms with Crippen LogP contribution in [0.3, 0.4) is 0 Å². The first-order valence-corrected chi connectivity index (χ1v) is 1.56. The van der Waals surface area contributed by atoms with Crippen LogP contribution in [0.5, 0.6) is 0 Å². The normalized spacial score (nSPS) is 12.5. The van der Waals surface area contributed by atoms with Crippen LogP contribution in [0.4, 0.5) is 0 Å². The van der Waals surface area contributed by atoms with Gasteiger partial charge in [0.15, 0.2) is 0 Å². The molecule has 1 atom stereocenters. The molecule has 0 aliphatic carbocycles. The molecule has 0 aromatic rings. The molecule has 3 heteroatoms. The number of hydrogen-bond acceptors (Lipinski definition) is 2. The Morgan fingerprint density at radius 3 is 1.83 bits per heavy atom. The Morgan fingerprint density at radius 2 is 1.83 bits per heavy atom. The summed E-state index contributed by atoms with van der Waals surface area (Å²) in [4.78, 5) is 0. The van der Waals surface area contributed by atoms with E-state index in [-0.39, 0.29) is 30.5 Å². The van der Waals surface area contributed by atoms with Gasteiger partial charge in [0.25, 0.3) is 0 Å². The maximum atomic E-state index is 8.11. The Hall–Kier alpha value is 0.719. The Labute approximate surface area is 54.1 Å². The van der Waals surface area contributed by atoms with Crippen LogP contribution in [-0.4, -0.2) is 46.8 Å². The summed E-state index contributed by atoms with van der Waals surface area (Å²) in [6.07, 6.45) is -0.560. The summed E-state index contributed by atoms with van der Waals surface area (Å²) in [6, 6.07) is 0. The van der Waals surface area contributed by atoms with Gasteiger partial charge >= 0.3 is 0 Å². The van der Waals surface area contributed by atoms with Crippen molar-refractivity contribution >= 4 is 23.9 Å². The molecular formula is C3H8O2Sn. The van der Waals surface area contributed by atoms with Gasteiger partial charge in [0.1, 0.15) is 0 Å². The minimum atomic E-state index is -0.560. The topological polar surface area (TPSA) is 40.5 Å². The van der Waals surface area contributed by atoms with Gasteiger partial charge in [-0.1, -0.05) is 0 Å². The summed E-state index contributed by atoms with van der Waals surface area (Å²) in [7, 11) is 0. The zero-order chi connectivity index (χ0) is 4.28. The van der Waals surface area contributed by atoms with E-state index in [1.54, 1.807) is 0 Å².